The molecular formula is C20H35ClSi2Zr. The van der Waals surface area contributed by atoms with Crippen LogP contribution in [0.3, 0.4) is 0 Å². The maximum absolute atomic E-state index is 6.75. The van der Waals surface area contributed by atoms with Crippen LogP contribution in [0.5, 0.6) is 0 Å². The van der Waals surface area contributed by atoms with E-state index in [2.05, 4.69) is 63.5 Å². The van der Waals surface area contributed by atoms with Crippen LogP contribution < -0.4 is 0 Å². The Morgan fingerprint density at radius 3 is 2.04 bits per heavy atom. The third kappa shape index (κ3) is 9.32. The maximum atomic E-state index is 6.75. The van der Waals surface area contributed by atoms with Crippen LogP contribution in [0.4, 0.5) is 0 Å². The molecule has 1 atom stereocenters. The number of hydrogen-bond donors (Lipinski definition) is 0. The van der Waals surface area contributed by atoms with Crippen LogP contribution >= 0.6 is 11.1 Å². The van der Waals surface area contributed by atoms with Gasteiger partial charge < -0.3 is 14.9 Å². The Morgan fingerprint density at radius 2 is 1.75 bits per heavy atom. The zero-order chi connectivity index (χ0) is 15.9. The Bertz CT molecular complexity index is 433. The van der Waals surface area contributed by atoms with Crippen molar-refractivity contribution in [1.82, 2.24) is 0 Å². The fourth-order valence-corrected chi connectivity index (χ4v) is 16.8. The van der Waals surface area contributed by atoms with Crippen molar-refractivity contribution < 1.29 is 26.2 Å². The predicted octanol–water partition coefficient (Wildman–Crippen LogP) is 7.28. The van der Waals surface area contributed by atoms with Gasteiger partial charge in [0.25, 0.3) is 0 Å². The van der Waals surface area contributed by atoms with Crippen molar-refractivity contribution in [3.63, 3.8) is 0 Å². The summed E-state index contributed by atoms with van der Waals surface area (Å²) in [5.41, 5.74) is 0. The summed E-state index contributed by atoms with van der Waals surface area (Å²) in [5.74, 6) is 0. The summed E-state index contributed by atoms with van der Waals surface area (Å²) < 4.78 is 0. The van der Waals surface area contributed by atoms with Crippen molar-refractivity contribution in [3.8, 4) is 0 Å². The van der Waals surface area contributed by atoms with E-state index in [0.29, 0.717) is 0 Å². The standard InChI is InChI=1S/C13H24ClSi2.C5H5.2CH3.Zr/c1-6-9-13(16(4,5)14)15(2,3)12-10-7-8-11-12;1-2-4-5-3-1;;;/h7,10,13H,6,8-9H2,1-5H3;1-3H,4H2;2*1H3;/q4*-1;+4. The van der Waals surface area contributed by atoms with Gasteiger partial charge in [-0.05, 0) is 5.16 Å². The van der Waals surface area contributed by atoms with E-state index in [1.807, 2.05) is 12.2 Å². The molecular weight excluding hydrogens is 423 g/mol. The van der Waals surface area contributed by atoms with Crippen LogP contribution in [0, 0.1) is 27.0 Å². The fourth-order valence-electron chi connectivity index (χ4n) is 3.23. The first-order valence-electron chi connectivity index (χ1n) is 7.98. The summed E-state index contributed by atoms with van der Waals surface area (Å²) >= 11 is 6.75. The molecule has 0 fully saturated rings. The van der Waals surface area contributed by atoms with Gasteiger partial charge in [0.05, 0.1) is 0 Å². The zero-order valence-electron chi connectivity index (χ0n) is 16.7. The first kappa shape index (κ1) is 29.3. The third-order valence-electron chi connectivity index (χ3n) is 4.25. The van der Waals surface area contributed by atoms with Crippen LogP contribution in [-0.2, 0) is 26.2 Å². The molecule has 0 aromatic rings. The van der Waals surface area contributed by atoms with Gasteiger partial charge in [0, 0.05) is 8.07 Å². The van der Waals surface area contributed by atoms with E-state index in [1.54, 1.807) is 0 Å². The van der Waals surface area contributed by atoms with Gasteiger partial charge in [0.2, 0.25) is 0 Å². The minimum atomic E-state index is -1.57. The third-order valence-corrected chi connectivity index (χ3v) is 15.6. The second-order valence-corrected chi connectivity index (χ2v) is 18.8. The quantitative estimate of drug-likeness (QED) is 0.231. The summed E-state index contributed by atoms with van der Waals surface area (Å²) in [6.45, 7) is 11.8. The molecule has 0 spiro atoms. The number of halogens is 1. The van der Waals surface area contributed by atoms with Gasteiger partial charge in [-0.1, -0.05) is 46.0 Å². The van der Waals surface area contributed by atoms with E-state index in [9.17, 15) is 0 Å². The zero-order valence-corrected chi connectivity index (χ0v) is 21.9. The second kappa shape index (κ2) is 13.7. The van der Waals surface area contributed by atoms with Crippen molar-refractivity contribution in [1.29, 1.82) is 0 Å². The molecule has 0 N–H and O–H groups in total. The monoisotopic (exact) mass is 456 g/mol. The smallest absolute Gasteiger partial charge is 0.358 e. The van der Waals surface area contributed by atoms with Crippen LogP contribution in [0.2, 0.25) is 31.4 Å². The Labute approximate surface area is 178 Å². The van der Waals surface area contributed by atoms with Crippen molar-refractivity contribution in [2.75, 3.05) is 0 Å². The molecule has 24 heavy (non-hydrogen) atoms. The van der Waals surface area contributed by atoms with E-state index < -0.39 is 15.5 Å². The molecule has 2 aliphatic rings. The molecule has 0 radical (unpaired) electrons. The van der Waals surface area contributed by atoms with Gasteiger partial charge in [-0.2, -0.15) is 23.2 Å². The minimum absolute atomic E-state index is 0. The van der Waals surface area contributed by atoms with Gasteiger partial charge in [0.1, 0.15) is 0 Å². The van der Waals surface area contributed by atoms with Crippen molar-refractivity contribution in [2.45, 2.75) is 64.0 Å². The van der Waals surface area contributed by atoms with Crippen LogP contribution in [-0.4, -0.2) is 15.5 Å². The van der Waals surface area contributed by atoms with Gasteiger partial charge in [0.15, 0.2) is 7.38 Å². The number of allylic oxidation sites excluding steroid dienone is 8. The first-order valence-corrected chi connectivity index (χ1v) is 15.1. The average Bonchev–Trinajstić information content (AvgIpc) is 3.07. The summed E-state index contributed by atoms with van der Waals surface area (Å²) in [5, 5.41) is 2.27. The molecule has 1 unspecified atom stereocenters. The topological polar surface area (TPSA) is 0 Å². The molecule has 0 amide bonds. The molecule has 0 aliphatic heterocycles. The molecule has 2 aliphatic carbocycles. The molecule has 0 nitrogen and oxygen atoms in total. The average molecular weight is 458 g/mol. The summed E-state index contributed by atoms with van der Waals surface area (Å²) in [6, 6.07) is 0. The Balaban J connectivity index is -0.000000475. The van der Waals surface area contributed by atoms with Gasteiger partial charge in [-0.15, -0.1) is 12.8 Å². The Morgan fingerprint density at radius 1 is 1.12 bits per heavy atom. The van der Waals surface area contributed by atoms with Crippen LogP contribution in [0.15, 0.2) is 35.6 Å². The van der Waals surface area contributed by atoms with E-state index in [-0.39, 0.29) is 41.1 Å². The maximum Gasteiger partial charge on any atom is 4.00 e. The Kier molecular flexibility index (Phi) is 16.8. The molecule has 0 bridgehead atoms. The fraction of sp³-hybridized carbons (Fsp3) is 0.500. The second-order valence-electron chi connectivity index (χ2n) is 6.83. The molecule has 0 aromatic carbocycles. The summed E-state index contributed by atoms with van der Waals surface area (Å²) in [4.78, 5) is 0. The van der Waals surface area contributed by atoms with E-state index >= 15 is 0 Å². The van der Waals surface area contributed by atoms with Crippen molar-refractivity contribution in [2.24, 2.45) is 0 Å². The largest absolute Gasteiger partial charge is 4.00 e. The SMILES string of the molecule is CCCC([Si](C)(C)Cl)[Si](C)(C)C1=[C-]CC=C1.[C-]1=CC=CC1.[CH3-].[CH3-].[Zr+4]. The van der Waals surface area contributed by atoms with Gasteiger partial charge in [-0.3, -0.25) is 12.2 Å². The van der Waals surface area contributed by atoms with Crippen molar-refractivity contribution in [3.05, 3.63) is 62.6 Å². The normalized spacial score (nSPS) is 16.2. The number of hydrogen-bond acceptors (Lipinski definition) is 0. The van der Waals surface area contributed by atoms with E-state index in [0.717, 1.165) is 18.0 Å². The molecule has 0 heterocycles. The van der Waals surface area contributed by atoms with Gasteiger partial charge in [-0.25, -0.2) is 23.4 Å². The summed E-state index contributed by atoms with van der Waals surface area (Å²) in [7, 11) is -2.98. The number of rotatable bonds is 5. The molecule has 0 saturated heterocycles. The van der Waals surface area contributed by atoms with Crippen LogP contribution in [0.1, 0.15) is 32.6 Å². The van der Waals surface area contributed by atoms with Gasteiger partial charge >= 0.3 is 26.2 Å². The molecule has 0 aromatic heterocycles. The van der Waals surface area contributed by atoms with Crippen molar-refractivity contribution >= 4 is 26.5 Å². The first-order chi connectivity index (χ1) is 9.80. The summed E-state index contributed by atoms with van der Waals surface area (Å²) in [6.07, 6.45) is 21.6. The Hall–Kier alpha value is 0.567. The molecule has 2 rings (SSSR count). The molecule has 0 saturated carbocycles. The minimum Gasteiger partial charge on any atom is -0.358 e. The van der Waals surface area contributed by atoms with E-state index in [4.69, 9.17) is 11.1 Å². The molecule has 4 heteroatoms. The van der Waals surface area contributed by atoms with E-state index in [1.165, 1.54) is 18.0 Å². The van der Waals surface area contributed by atoms with Crippen LogP contribution in [0.25, 0.3) is 0 Å². The molecule has 134 valence electrons. The predicted molar refractivity (Wildman–Crippen MR) is 114 cm³/mol.